The molecule has 0 radical (unpaired) electrons. The molecular weight excluding hydrogens is 638 g/mol. The zero-order valence-electron chi connectivity index (χ0n) is 19.6. The average molecular weight is 666 g/mol. The molecule has 0 spiro atoms. The third-order valence-corrected chi connectivity index (χ3v) is 27.8. The molecule has 0 atom stereocenters. The summed E-state index contributed by atoms with van der Waals surface area (Å²) in [7, 11) is 0. The third kappa shape index (κ3) is 3.19. The molecule has 0 nitrogen and oxygen atoms in total. The van der Waals surface area contributed by atoms with Gasteiger partial charge in [0.05, 0.1) is 0 Å². The van der Waals surface area contributed by atoms with Crippen LogP contribution in [0.5, 0.6) is 0 Å². The van der Waals surface area contributed by atoms with E-state index in [-0.39, 0.29) is 0 Å². The Hall–Kier alpha value is -0.823. The summed E-state index contributed by atoms with van der Waals surface area (Å²) in [6.07, 6.45) is 0. The Morgan fingerprint density at radius 3 is 1.16 bits per heavy atom. The van der Waals surface area contributed by atoms with Crippen LogP contribution in [0, 0.1) is 0 Å². The summed E-state index contributed by atoms with van der Waals surface area (Å²) >= 11 is -0.130. The van der Waals surface area contributed by atoms with Gasteiger partial charge in [-0.2, -0.15) is 0 Å². The first kappa shape index (κ1) is 21.7. The van der Waals surface area contributed by atoms with Gasteiger partial charge < -0.3 is 0 Å². The Labute approximate surface area is 207 Å². The first-order chi connectivity index (χ1) is 15.1. The first-order valence-electron chi connectivity index (χ1n) is 11.4. The van der Waals surface area contributed by atoms with E-state index in [2.05, 4.69) is 113 Å². The van der Waals surface area contributed by atoms with Crippen molar-refractivity contribution in [3.63, 3.8) is 0 Å². The summed E-state index contributed by atoms with van der Waals surface area (Å²) in [5.74, 6) is 0. The van der Waals surface area contributed by atoms with Gasteiger partial charge in [-0.1, -0.05) is 0 Å². The fraction of sp³-hybridized carbons (Fsp3) is 0.214. The molecule has 160 valence electrons. The van der Waals surface area contributed by atoms with Crippen LogP contribution >= 0.6 is 22.7 Å². The van der Waals surface area contributed by atoms with Crippen molar-refractivity contribution in [3.8, 4) is 22.3 Å². The van der Waals surface area contributed by atoms with Crippen LogP contribution in [0.4, 0.5) is 0 Å². The van der Waals surface area contributed by atoms with Gasteiger partial charge in [0.2, 0.25) is 0 Å². The molecule has 32 heavy (non-hydrogen) atoms. The van der Waals surface area contributed by atoms with Gasteiger partial charge in [-0.3, -0.25) is 0 Å². The normalized spacial score (nSPS) is 16.7. The van der Waals surface area contributed by atoms with E-state index in [0.29, 0.717) is 0 Å². The Morgan fingerprint density at radius 2 is 0.812 bits per heavy atom. The third-order valence-electron chi connectivity index (χ3n) is 6.62. The summed E-state index contributed by atoms with van der Waals surface area (Å²) in [5, 5.41) is 0. The SMILES string of the molecule is [CH3][Sn]([CH3])([CH3])[c]1cc2c(s1)/C(=C1/c3ccccc3-c3c[c]([Sn]([CH3])([CH3])[CH3])sc31)c1ccccc1-2. The molecule has 0 fully saturated rings. The molecule has 4 aromatic rings. The van der Waals surface area contributed by atoms with Crippen molar-refractivity contribution in [2.75, 3.05) is 0 Å². The molecule has 6 rings (SSSR count). The molecule has 0 N–H and O–H groups in total. The molecule has 0 saturated heterocycles. The van der Waals surface area contributed by atoms with Crippen molar-refractivity contribution < 1.29 is 0 Å². The second-order valence-electron chi connectivity index (χ2n) is 11.0. The average Bonchev–Trinajstić information content (AvgIpc) is 3.45. The van der Waals surface area contributed by atoms with E-state index in [9.17, 15) is 0 Å². The van der Waals surface area contributed by atoms with Crippen LogP contribution in [-0.2, 0) is 0 Å². The van der Waals surface area contributed by atoms with Gasteiger partial charge in [0, 0.05) is 0 Å². The van der Waals surface area contributed by atoms with Crippen LogP contribution in [-0.4, -0.2) is 36.8 Å². The monoisotopic (exact) mass is 668 g/mol. The van der Waals surface area contributed by atoms with Crippen molar-refractivity contribution in [2.24, 2.45) is 0 Å². The molecule has 0 saturated carbocycles. The van der Waals surface area contributed by atoms with Crippen LogP contribution in [0.2, 0.25) is 29.6 Å². The van der Waals surface area contributed by atoms with Crippen molar-refractivity contribution >= 4 is 76.4 Å². The molecular formula is C28H28S2Sn2. The molecule has 0 bridgehead atoms. The molecule has 2 aromatic heterocycles. The maximum atomic E-state index is 2.55. The van der Waals surface area contributed by atoms with E-state index in [4.69, 9.17) is 0 Å². The van der Waals surface area contributed by atoms with Gasteiger partial charge in [0.1, 0.15) is 0 Å². The Morgan fingerprint density at radius 1 is 0.469 bits per heavy atom. The zero-order valence-corrected chi connectivity index (χ0v) is 26.9. The first-order valence-corrected chi connectivity index (χ1v) is 33.0. The predicted octanol–water partition coefficient (Wildman–Crippen LogP) is 7.87. The number of thiophene rings is 2. The van der Waals surface area contributed by atoms with E-state index in [1.807, 2.05) is 0 Å². The minimum absolute atomic E-state index is 1.43. The van der Waals surface area contributed by atoms with Crippen LogP contribution in [0.15, 0.2) is 60.7 Å². The second kappa shape index (κ2) is 7.34. The van der Waals surface area contributed by atoms with Crippen LogP contribution in [0.3, 0.4) is 0 Å². The second-order valence-corrected chi connectivity index (χ2v) is 44.0. The molecule has 2 aromatic carbocycles. The maximum absolute atomic E-state index is 2.55. The van der Waals surface area contributed by atoms with Gasteiger partial charge in [0.25, 0.3) is 0 Å². The summed E-state index contributed by atoms with van der Waals surface area (Å²) in [6, 6.07) is 23.3. The Bertz CT molecular complexity index is 1330. The summed E-state index contributed by atoms with van der Waals surface area (Å²) in [6.45, 7) is 0. The van der Waals surface area contributed by atoms with Crippen LogP contribution in [0.25, 0.3) is 33.4 Å². The number of hydrogen-bond acceptors (Lipinski definition) is 2. The van der Waals surface area contributed by atoms with Crippen molar-refractivity contribution in [2.45, 2.75) is 29.6 Å². The molecule has 0 amide bonds. The van der Waals surface area contributed by atoms with Gasteiger partial charge in [-0.05, 0) is 0 Å². The van der Waals surface area contributed by atoms with E-state index < -0.39 is 36.8 Å². The topological polar surface area (TPSA) is 0 Å². The molecule has 2 aliphatic carbocycles. The van der Waals surface area contributed by atoms with Gasteiger partial charge in [-0.25, -0.2) is 0 Å². The Balaban J connectivity index is 1.73. The number of rotatable bonds is 2. The Kier molecular flexibility index (Phi) is 4.97. The fourth-order valence-electron chi connectivity index (χ4n) is 4.91. The van der Waals surface area contributed by atoms with E-state index >= 15 is 0 Å². The van der Waals surface area contributed by atoms with E-state index in [1.54, 1.807) is 5.79 Å². The van der Waals surface area contributed by atoms with Crippen LogP contribution in [0.1, 0.15) is 20.9 Å². The molecule has 0 unspecified atom stereocenters. The zero-order chi connectivity index (χ0) is 22.4. The fourth-order valence-corrected chi connectivity index (χ4v) is 17.8. The van der Waals surface area contributed by atoms with Gasteiger partial charge in [-0.15, -0.1) is 0 Å². The summed E-state index contributed by atoms with van der Waals surface area (Å²) in [4.78, 5) is 18.3. The molecule has 0 aliphatic heterocycles. The summed E-state index contributed by atoms with van der Waals surface area (Å²) < 4.78 is 3.36. The number of benzene rings is 2. The van der Waals surface area contributed by atoms with E-state index in [1.165, 1.54) is 54.3 Å². The predicted molar refractivity (Wildman–Crippen MR) is 150 cm³/mol. The number of fused-ring (bicyclic) bond motifs is 6. The summed E-state index contributed by atoms with van der Waals surface area (Å²) in [5.41, 5.74) is 11.7. The molecule has 4 heteroatoms. The van der Waals surface area contributed by atoms with Crippen LogP contribution < -0.4 is 5.79 Å². The standard InChI is InChI=1S/C22H10S2.6CH3.2Sn/c1-3-7-15-13(5-1)17-9-11-23-21(17)19(15)20-16-8-4-2-6-14(16)18-10-12-24-22(18)20;;;;;;;;/h1-10H;6*1H3;;/b20-19-;;;;;;;;. The molecule has 2 aliphatic rings. The number of hydrogen-bond donors (Lipinski definition) is 0. The molecule has 2 heterocycles. The van der Waals surface area contributed by atoms with Crippen molar-refractivity contribution in [1.82, 2.24) is 0 Å². The van der Waals surface area contributed by atoms with Crippen molar-refractivity contribution in [1.29, 1.82) is 0 Å². The van der Waals surface area contributed by atoms with Gasteiger partial charge >= 0.3 is 210 Å². The van der Waals surface area contributed by atoms with Gasteiger partial charge in [0.15, 0.2) is 0 Å². The quantitative estimate of drug-likeness (QED) is 0.165. The van der Waals surface area contributed by atoms with E-state index in [0.717, 1.165) is 0 Å². The minimum atomic E-state index is -2.16. The van der Waals surface area contributed by atoms with Crippen molar-refractivity contribution in [3.05, 3.63) is 81.5 Å².